The van der Waals surface area contributed by atoms with Crippen LogP contribution in [0.1, 0.15) is 10.5 Å². The molecule has 1 fully saturated rings. The Bertz CT molecular complexity index is 1390. The highest BCUT2D eigenvalue weighted by Gasteiger charge is 2.29. The Morgan fingerprint density at radius 1 is 1.28 bits per heavy atom. The van der Waals surface area contributed by atoms with Crippen LogP contribution in [0.25, 0.3) is 5.65 Å². The number of carbonyl (C=O) groups excluding carboxylic acids is 2. The Balaban J connectivity index is 1.40. The molecule has 36 heavy (non-hydrogen) atoms. The van der Waals surface area contributed by atoms with Crippen molar-refractivity contribution < 1.29 is 14.7 Å². The number of nitrogens with one attached hydrogen (secondary N) is 3. The van der Waals surface area contributed by atoms with Gasteiger partial charge in [-0.1, -0.05) is 6.07 Å². The molecule has 1 saturated heterocycles. The first kappa shape index (κ1) is 23.2. The average molecular weight is 488 g/mol. The smallest absolute Gasteiger partial charge is 0.271 e. The quantitative estimate of drug-likeness (QED) is 0.334. The number of aliphatic hydroxyl groups excluding tert-OH is 1. The number of allylic oxidation sites excluding steroid dienone is 2. The highest BCUT2D eigenvalue weighted by Crippen LogP contribution is 2.27. The summed E-state index contributed by atoms with van der Waals surface area (Å²) < 4.78 is 1.47. The van der Waals surface area contributed by atoms with Crippen molar-refractivity contribution >= 4 is 34.8 Å². The third-order valence-corrected chi connectivity index (χ3v) is 5.93. The molecule has 5 rings (SSSR count). The number of aromatic nitrogens is 4. The second-order valence-electron chi connectivity index (χ2n) is 8.28. The molecular weight excluding hydrogens is 462 g/mol. The first-order chi connectivity index (χ1) is 17.6. The zero-order chi connectivity index (χ0) is 25.1. The minimum atomic E-state index is -0.294. The lowest BCUT2D eigenvalue weighted by Crippen LogP contribution is -2.59. The lowest BCUT2D eigenvalue weighted by Gasteiger charge is -2.39. The fourth-order valence-corrected chi connectivity index (χ4v) is 4.15. The van der Waals surface area contributed by atoms with Gasteiger partial charge in [0.1, 0.15) is 5.82 Å². The van der Waals surface area contributed by atoms with Crippen molar-refractivity contribution in [3.05, 3.63) is 72.1 Å². The van der Waals surface area contributed by atoms with E-state index in [9.17, 15) is 9.59 Å². The maximum absolute atomic E-state index is 13.0. The molecule has 3 aromatic heterocycles. The van der Waals surface area contributed by atoms with Gasteiger partial charge >= 0.3 is 0 Å². The van der Waals surface area contributed by atoms with E-state index in [4.69, 9.17) is 5.11 Å². The molecule has 0 unspecified atom stereocenters. The Hall–Kier alpha value is -4.51. The van der Waals surface area contributed by atoms with Gasteiger partial charge in [0.05, 0.1) is 30.2 Å². The zero-order valence-electron chi connectivity index (χ0n) is 19.5. The molecule has 2 aliphatic rings. The second kappa shape index (κ2) is 10.0. The third kappa shape index (κ3) is 4.43. The predicted molar refractivity (Wildman–Crippen MR) is 134 cm³/mol. The van der Waals surface area contributed by atoms with Crippen LogP contribution >= 0.6 is 0 Å². The molecular formula is C24H25N9O3. The van der Waals surface area contributed by atoms with E-state index in [-0.39, 0.29) is 29.9 Å². The van der Waals surface area contributed by atoms with Gasteiger partial charge in [0, 0.05) is 45.1 Å². The first-order valence-corrected chi connectivity index (χ1v) is 11.4. The van der Waals surface area contributed by atoms with Crippen molar-refractivity contribution in [1.82, 2.24) is 29.8 Å². The van der Waals surface area contributed by atoms with E-state index in [2.05, 4.69) is 35.9 Å². The maximum atomic E-state index is 13.0. The van der Waals surface area contributed by atoms with E-state index in [1.54, 1.807) is 54.7 Å². The van der Waals surface area contributed by atoms with Crippen molar-refractivity contribution in [2.24, 2.45) is 0 Å². The van der Waals surface area contributed by atoms with Crippen LogP contribution in [0.5, 0.6) is 0 Å². The Labute approximate surface area is 206 Å². The number of β-amino-alcohol motifs (C(OH)–C–C–N with tert-alkyl or cyclic N) is 1. The highest BCUT2D eigenvalue weighted by atomic mass is 16.3. The number of hydrogen-bond donors (Lipinski definition) is 4. The molecule has 0 spiro atoms. The van der Waals surface area contributed by atoms with Gasteiger partial charge in [-0.05, 0) is 24.3 Å². The van der Waals surface area contributed by atoms with Crippen molar-refractivity contribution in [2.45, 2.75) is 6.04 Å². The van der Waals surface area contributed by atoms with Crippen LogP contribution in [-0.2, 0) is 4.79 Å². The molecule has 2 aliphatic heterocycles. The fourth-order valence-electron chi connectivity index (χ4n) is 4.15. The number of imidazole rings is 1. The fraction of sp³-hybridized carbons (Fsp3) is 0.250. The minimum Gasteiger partial charge on any atom is -0.395 e. The predicted octanol–water partition coefficient (Wildman–Crippen LogP) is 0.617. The van der Waals surface area contributed by atoms with Gasteiger partial charge in [-0.15, -0.1) is 5.10 Å². The monoisotopic (exact) mass is 487 g/mol. The third-order valence-electron chi connectivity index (χ3n) is 5.93. The minimum absolute atomic E-state index is 0.00303. The largest absolute Gasteiger partial charge is 0.395 e. The maximum Gasteiger partial charge on any atom is 0.271 e. The van der Waals surface area contributed by atoms with E-state index < -0.39 is 0 Å². The van der Waals surface area contributed by atoms with Crippen molar-refractivity contribution in [2.75, 3.05) is 48.8 Å². The Morgan fingerprint density at radius 2 is 2.14 bits per heavy atom. The van der Waals surface area contributed by atoms with E-state index >= 15 is 0 Å². The number of hydrogen-bond acceptors (Lipinski definition) is 10. The Morgan fingerprint density at radius 3 is 2.86 bits per heavy atom. The van der Waals surface area contributed by atoms with Crippen molar-refractivity contribution in [3.63, 3.8) is 0 Å². The van der Waals surface area contributed by atoms with E-state index in [0.29, 0.717) is 48.3 Å². The molecule has 1 amide bonds. The molecule has 0 aliphatic carbocycles. The molecule has 12 heteroatoms. The lowest BCUT2D eigenvalue weighted by molar-refractivity contribution is 0.0752. The molecule has 0 saturated carbocycles. The van der Waals surface area contributed by atoms with E-state index in [1.165, 1.54) is 10.7 Å². The molecule has 0 atom stereocenters. The molecule has 3 aromatic rings. The van der Waals surface area contributed by atoms with Gasteiger partial charge in [-0.2, -0.15) is 0 Å². The van der Waals surface area contributed by atoms with Crippen molar-refractivity contribution in [3.8, 4) is 0 Å². The standard InChI is InChI=1S/C24H25N9O3/c1-25-18-11-21(29-17-5-4-8-32(20(17)15-35)22-6-2-3-7-26-22)30-33-19(12-27-23(18)33)24(36)28-16-13-31(14-16)9-10-34/h2-8,11-12,16,25,34H,9-10,13-14H2,1H3,(H,28,36)(H,29,30). The normalized spacial score (nSPS) is 15.9. The van der Waals surface area contributed by atoms with Gasteiger partial charge in [0.2, 0.25) is 0 Å². The number of amides is 1. The average Bonchev–Trinajstić information content (AvgIpc) is 3.31. The lowest BCUT2D eigenvalue weighted by atomic mass is 10.1. The van der Waals surface area contributed by atoms with E-state index in [1.807, 2.05) is 12.0 Å². The molecule has 12 nitrogen and oxygen atoms in total. The van der Waals surface area contributed by atoms with Crippen molar-refractivity contribution in [1.29, 1.82) is 0 Å². The summed E-state index contributed by atoms with van der Waals surface area (Å²) in [6.45, 7) is 2.04. The summed E-state index contributed by atoms with van der Waals surface area (Å²) in [7, 11) is 1.75. The number of pyridine rings is 1. The van der Waals surface area contributed by atoms with Crippen LogP contribution in [-0.4, -0.2) is 80.8 Å². The molecule has 5 heterocycles. The summed E-state index contributed by atoms with van der Waals surface area (Å²) in [5.41, 5.74) is 2.13. The molecule has 4 N–H and O–H groups in total. The van der Waals surface area contributed by atoms with Crippen LogP contribution in [0.15, 0.2) is 66.4 Å². The van der Waals surface area contributed by atoms with Crippen LogP contribution < -0.4 is 20.9 Å². The summed E-state index contributed by atoms with van der Waals surface area (Å²) in [5.74, 6) is 2.66. The number of fused-ring (bicyclic) bond motifs is 1. The summed E-state index contributed by atoms with van der Waals surface area (Å²) in [6.07, 6.45) is 8.37. The topological polar surface area (TPSA) is 140 Å². The van der Waals surface area contributed by atoms with Gasteiger partial charge in [0.15, 0.2) is 28.8 Å². The number of anilines is 3. The van der Waals surface area contributed by atoms with E-state index in [0.717, 1.165) is 0 Å². The van der Waals surface area contributed by atoms with Crippen LogP contribution in [0.4, 0.5) is 17.3 Å². The van der Waals surface area contributed by atoms with Gasteiger partial charge in [-0.25, -0.2) is 19.3 Å². The van der Waals surface area contributed by atoms with Crippen LogP contribution in [0.3, 0.4) is 0 Å². The number of nitrogens with zero attached hydrogens (tertiary/aromatic N) is 6. The molecule has 0 aromatic carbocycles. The van der Waals surface area contributed by atoms with Gasteiger partial charge < -0.3 is 21.1 Å². The summed E-state index contributed by atoms with van der Waals surface area (Å²) in [6, 6.07) is 7.16. The SMILES string of the molecule is CNc1cc(NC2=CC=CN(c3ccccn3)C2=C=O)nn2c(C(=O)NC3CN(CCO)C3)cnc12. The Kier molecular flexibility index (Phi) is 6.46. The molecule has 184 valence electrons. The second-order valence-corrected chi connectivity index (χ2v) is 8.28. The summed E-state index contributed by atoms with van der Waals surface area (Å²) >= 11 is 0. The molecule has 0 bridgehead atoms. The van der Waals surface area contributed by atoms with Crippen LogP contribution in [0.2, 0.25) is 0 Å². The zero-order valence-corrected chi connectivity index (χ0v) is 19.5. The number of likely N-dealkylation sites (tertiary alicyclic amines) is 1. The number of carbonyl (C=O) groups is 1. The molecule has 0 radical (unpaired) electrons. The number of rotatable bonds is 8. The first-order valence-electron chi connectivity index (χ1n) is 11.4. The van der Waals surface area contributed by atoms with Gasteiger partial charge in [-0.3, -0.25) is 14.6 Å². The van der Waals surface area contributed by atoms with Gasteiger partial charge in [0.25, 0.3) is 5.91 Å². The number of aliphatic hydroxyl groups is 1. The summed E-state index contributed by atoms with van der Waals surface area (Å²) in [4.78, 5) is 37.3. The highest BCUT2D eigenvalue weighted by molar-refractivity contribution is 5.94. The van der Waals surface area contributed by atoms with Crippen LogP contribution in [0, 0.1) is 0 Å². The summed E-state index contributed by atoms with van der Waals surface area (Å²) in [5, 5.41) is 22.8.